The van der Waals surface area contributed by atoms with Gasteiger partial charge in [-0.2, -0.15) is 0 Å². The second-order valence-electron chi connectivity index (χ2n) is 2.23. The normalized spacial score (nSPS) is 12.9. The van der Waals surface area contributed by atoms with Crippen molar-refractivity contribution in [3.8, 4) is 0 Å². The molecule has 2 heterocycles. The van der Waals surface area contributed by atoms with Gasteiger partial charge in [0.1, 0.15) is 5.70 Å². The summed E-state index contributed by atoms with van der Waals surface area (Å²) in [6, 6.07) is 3.85. The van der Waals surface area contributed by atoms with Crippen LogP contribution < -0.4 is 10.7 Å². The first-order valence-electron chi connectivity index (χ1n) is 3.32. The Labute approximate surface area is 63.9 Å². The van der Waals surface area contributed by atoms with Crippen molar-refractivity contribution in [3.63, 3.8) is 0 Å². The number of pyridine rings is 1. The Hall–Kier alpha value is -1.66. The van der Waals surface area contributed by atoms with Crippen molar-refractivity contribution >= 4 is 6.08 Å². The third-order valence-electron chi connectivity index (χ3n) is 1.52. The second kappa shape index (κ2) is 2.19. The topological polar surface area (TPSA) is 25.2 Å². The first kappa shape index (κ1) is 6.08. The van der Waals surface area contributed by atoms with Crippen LogP contribution in [0.1, 0.15) is 0 Å². The summed E-state index contributed by atoms with van der Waals surface area (Å²) in [5, 5.41) is 1.04. The summed E-state index contributed by atoms with van der Waals surface area (Å²) in [6.07, 6.45) is 3.64. The molecule has 1 aliphatic heterocycles. The number of hydrogen-bond acceptors (Lipinski definition) is 2. The van der Waals surface area contributed by atoms with Crippen molar-refractivity contribution in [2.45, 2.75) is 0 Å². The largest absolute Gasteiger partial charge is 0.237 e. The van der Waals surface area contributed by atoms with Gasteiger partial charge in [0, 0.05) is 11.4 Å². The minimum Gasteiger partial charge on any atom is -0.237 e. The number of rotatable bonds is 0. The van der Waals surface area contributed by atoms with E-state index in [-0.39, 0.29) is 0 Å². The Morgan fingerprint density at radius 3 is 3.09 bits per heavy atom. The lowest BCUT2D eigenvalue weighted by Gasteiger charge is -1.77. The zero-order valence-corrected chi connectivity index (χ0v) is 5.91. The van der Waals surface area contributed by atoms with Gasteiger partial charge in [-0.3, -0.25) is 0 Å². The van der Waals surface area contributed by atoms with Gasteiger partial charge in [-0.15, -0.1) is 5.73 Å². The van der Waals surface area contributed by atoms with E-state index in [0.717, 1.165) is 16.4 Å². The maximum absolute atomic E-state index is 4.15. The van der Waals surface area contributed by atoms with Gasteiger partial charge in [0.15, 0.2) is 5.49 Å². The summed E-state index contributed by atoms with van der Waals surface area (Å²) in [7, 11) is 0. The van der Waals surface area contributed by atoms with E-state index >= 15 is 0 Å². The van der Waals surface area contributed by atoms with Crippen LogP contribution in [-0.2, 0) is 0 Å². The average molecular weight is 142 g/mol. The maximum atomic E-state index is 4.15. The molecule has 1 aromatic heterocycles. The van der Waals surface area contributed by atoms with Crippen LogP contribution in [-0.4, -0.2) is 4.98 Å². The lowest BCUT2D eigenvalue weighted by atomic mass is 10.3. The van der Waals surface area contributed by atoms with Gasteiger partial charge in [-0.05, 0) is 18.2 Å². The Morgan fingerprint density at radius 2 is 2.36 bits per heavy atom. The maximum Gasteiger partial charge on any atom is 0.160 e. The molecule has 0 aromatic carbocycles. The summed E-state index contributed by atoms with van der Waals surface area (Å²) in [5.74, 6) is 0. The van der Waals surface area contributed by atoms with Crippen LogP contribution in [0.2, 0.25) is 0 Å². The smallest absolute Gasteiger partial charge is 0.160 e. The van der Waals surface area contributed by atoms with Crippen molar-refractivity contribution in [3.05, 3.63) is 47.0 Å². The number of hydrogen-bond donors (Lipinski definition) is 0. The molecule has 0 fully saturated rings. The third kappa shape index (κ3) is 0.896. The van der Waals surface area contributed by atoms with Crippen LogP contribution in [0.3, 0.4) is 0 Å². The standard InChI is InChI=1S/C9H6N2/c1-2-8-6-7-4-3-5-10-9(7)11-8/h3-6H,1H2. The van der Waals surface area contributed by atoms with Gasteiger partial charge in [0.05, 0.1) is 0 Å². The second-order valence-corrected chi connectivity index (χ2v) is 2.23. The molecular formula is C9H6N2. The molecule has 0 saturated carbocycles. The van der Waals surface area contributed by atoms with Crippen molar-refractivity contribution in [2.75, 3.05) is 0 Å². The Kier molecular flexibility index (Phi) is 1.21. The van der Waals surface area contributed by atoms with Crippen molar-refractivity contribution < 1.29 is 0 Å². The highest BCUT2D eigenvalue weighted by atomic mass is 14.9. The van der Waals surface area contributed by atoms with Crippen LogP contribution in [0.5, 0.6) is 0 Å². The first-order valence-corrected chi connectivity index (χ1v) is 3.32. The third-order valence-corrected chi connectivity index (χ3v) is 1.52. The lowest BCUT2D eigenvalue weighted by molar-refractivity contribution is 1.13. The monoisotopic (exact) mass is 142 g/mol. The van der Waals surface area contributed by atoms with E-state index in [1.165, 1.54) is 0 Å². The number of nitrogens with zero attached hydrogens (tertiary/aromatic N) is 2. The molecule has 0 N–H and O–H groups in total. The molecule has 1 aromatic rings. The van der Waals surface area contributed by atoms with Crippen LogP contribution in [0.15, 0.2) is 41.3 Å². The predicted molar refractivity (Wildman–Crippen MR) is 42.1 cm³/mol. The van der Waals surface area contributed by atoms with E-state index in [9.17, 15) is 0 Å². The molecule has 11 heavy (non-hydrogen) atoms. The molecule has 2 nitrogen and oxygen atoms in total. The van der Waals surface area contributed by atoms with E-state index in [2.05, 4.69) is 22.3 Å². The molecule has 0 aliphatic carbocycles. The van der Waals surface area contributed by atoms with Crippen molar-refractivity contribution in [2.24, 2.45) is 4.99 Å². The summed E-state index contributed by atoms with van der Waals surface area (Å²) >= 11 is 0. The van der Waals surface area contributed by atoms with Gasteiger partial charge in [0.2, 0.25) is 0 Å². The fourth-order valence-electron chi connectivity index (χ4n) is 1.000. The van der Waals surface area contributed by atoms with Crippen LogP contribution in [0, 0.1) is 0 Å². The molecule has 0 bridgehead atoms. The van der Waals surface area contributed by atoms with E-state index in [4.69, 9.17) is 0 Å². The van der Waals surface area contributed by atoms with Gasteiger partial charge >= 0.3 is 0 Å². The van der Waals surface area contributed by atoms with Crippen LogP contribution in [0.4, 0.5) is 0 Å². The van der Waals surface area contributed by atoms with E-state index in [1.54, 1.807) is 6.20 Å². The van der Waals surface area contributed by atoms with Crippen molar-refractivity contribution in [1.82, 2.24) is 4.98 Å². The first-order chi connectivity index (χ1) is 5.40. The molecule has 1 aliphatic rings. The zero-order chi connectivity index (χ0) is 7.68. The van der Waals surface area contributed by atoms with Crippen molar-refractivity contribution in [1.29, 1.82) is 0 Å². The molecule has 2 rings (SSSR count). The predicted octanol–water partition coefficient (Wildman–Crippen LogP) is 0.164. The molecule has 0 saturated heterocycles. The number of aromatic nitrogens is 1. The molecule has 0 atom stereocenters. The molecule has 2 heteroatoms. The molecular weight excluding hydrogens is 136 g/mol. The number of fused-ring (bicyclic) bond motifs is 1. The number of allylic oxidation sites excluding steroid dienone is 1. The molecule has 0 amide bonds. The van der Waals surface area contributed by atoms with Gasteiger partial charge in [0.25, 0.3) is 0 Å². The Balaban J connectivity index is 2.91. The molecule has 0 unspecified atom stereocenters. The van der Waals surface area contributed by atoms with Gasteiger partial charge in [-0.1, -0.05) is 6.58 Å². The highest BCUT2D eigenvalue weighted by Crippen LogP contribution is 1.95. The minimum atomic E-state index is 0.763. The molecule has 52 valence electrons. The summed E-state index contributed by atoms with van der Waals surface area (Å²) in [5.41, 5.74) is 4.24. The SMILES string of the molecule is C=C=C1C=c2cccnc2=N1. The van der Waals surface area contributed by atoms with Crippen LogP contribution >= 0.6 is 0 Å². The zero-order valence-electron chi connectivity index (χ0n) is 5.91. The lowest BCUT2D eigenvalue weighted by Crippen LogP contribution is -2.23. The average Bonchev–Trinajstić information content (AvgIpc) is 2.46. The fourth-order valence-corrected chi connectivity index (χ4v) is 1.000. The summed E-state index contributed by atoms with van der Waals surface area (Å²) < 4.78 is 0. The quantitative estimate of drug-likeness (QED) is 0.474. The summed E-state index contributed by atoms with van der Waals surface area (Å²) in [4.78, 5) is 8.22. The molecule has 0 radical (unpaired) electrons. The van der Waals surface area contributed by atoms with Gasteiger partial charge < -0.3 is 0 Å². The highest BCUT2D eigenvalue weighted by Gasteiger charge is 1.97. The summed E-state index contributed by atoms with van der Waals surface area (Å²) in [6.45, 7) is 3.51. The Bertz CT molecular complexity index is 414. The van der Waals surface area contributed by atoms with Gasteiger partial charge in [-0.25, -0.2) is 9.98 Å². The van der Waals surface area contributed by atoms with Crippen LogP contribution in [0.25, 0.3) is 6.08 Å². The fraction of sp³-hybridized carbons (Fsp3) is 0. The van der Waals surface area contributed by atoms with E-state index in [1.807, 2.05) is 18.2 Å². The highest BCUT2D eigenvalue weighted by molar-refractivity contribution is 5.47. The Morgan fingerprint density at radius 1 is 1.45 bits per heavy atom. The molecule has 0 spiro atoms. The van der Waals surface area contributed by atoms with E-state index in [0.29, 0.717) is 0 Å². The minimum absolute atomic E-state index is 0.763. The van der Waals surface area contributed by atoms with E-state index < -0.39 is 0 Å².